The standard InChI is InChI=1S/C17H32N6O2/c18-14(12-6-2-1-3-7-12)16(25)23-11-8-13(23)15(24)21-9-4-5-10-22-17(19)20/h12-14H,1-11,18H2,(H,21,24)(H4,19,20,22). The second kappa shape index (κ2) is 9.60. The van der Waals surface area contributed by atoms with Crippen molar-refractivity contribution in [3.05, 3.63) is 0 Å². The topological polar surface area (TPSA) is 140 Å². The number of guanidine groups is 1. The third-order valence-corrected chi connectivity index (χ3v) is 5.23. The Balaban J connectivity index is 1.70. The van der Waals surface area contributed by atoms with Crippen LogP contribution in [-0.2, 0) is 9.59 Å². The molecule has 2 aliphatic rings. The van der Waals surface area contributed by atoms with E-state index < -0.39 is 6.04 Å². The van der Waals surface area contributed by atoms with E-state index in [1.165, 1.54) is 6.42 Å². The summed E-state index contributed by atoms with van der Waals surface area (Å²) in [6.07, 6.45) is 7.88. The summed E-state index contributed by atoms with van der Waals surface area (Å²) in [5.41, 5.74) is 16.7. The highest BCUT2D eigenvalue weighted by Gasteiger charge is 2.40. The van der Waals surface area contributed by atoms with Crippen molar-refractivity contribution in [2.75, 3.05) is 19.6 Å². The minimum atomic E-state index is -0.463. The van der Waals surface area contributed by atoms with Crippen molar-refractivity contribution in [2.45, 2.75) is 63.5 Å². The van der Waals surface area contributed by atoms with Crippen LogP contribution < -0.4 is 22.5 Å². The second-order valence-corrected chi connectivity index (χ2v) is 7.06. The highest BCUT2D eigenvalue weighted by atomic mass is 16.2. The molecule has 1 aliphatic carbocycles. The molecule has 0 aromatic heterocycles. The molecule has 7 N–H and O–H groups in total. The van der Waals surface area contributed by atoms with E-state index in [9.17, 15) is 9.59 Å². The number of hydrogen-bond acceptors (Lipinski definition) is 4. The fraction of sp³-hybridized carbons (Fsp3) is 0.824. The number of nitrogens with one attached hydrogen (secondary N) is 1. The molecule has 0 aromatic carbocycles. The van der Waals surface area contributed by atoms with E-state index >= 15 is 0 Å². The highest BCUT2D eigenvalue weighted by molar-refractivity contribution is 5.91. The van der Waals surface area contributed by atoms with Crippen LogP contribution in [-0.4, -0.2) is 54.4 Å². The zero-order valence-corrected chi connectivity index (χ0v) is 15.0. The van der Waals surface area contributed by atoms with Crippen molar-refractivity contribution in [1.29, 1.82) is 0 Å². The molecule has 2 rings (SSSR count). The van der Waals surface area contributed by atoms with Crippen LogP contribution in [0.15, 0.2) is 4.99 Å². The molecule has 25 heavy (non-hydrogen) atoms. The summed E-state index contributed by atoms with van der Waals surface area (Å²) >= 11 is 0. The minimum Gasteiger partial charge on any atom is -0.370 e. The highest BCUT2D eigenvalue weighted by Crippen LogP contribution is 2.28. The lowest BCUT2D eigenvalue weighted by Gasteiger charge is -2.42. The lowest BCUT2D eigenvalue weighted by atomic mass is 9.83. The number of likely N-dealkylation sites (tertiary alicyclic amines) is 1. The largest absolute Gasteiger partial charge is 0.370 e. The van der Waals surface area contributed by atoms with Gasteiger partial charge in [-0.2, -0.15) is 0 Å². The van der Waals surface area contributed by atoms with Gasteiger partial charge >= 0.3 is 0 Å². The van der Waals surface area contributed by atoms with E-state index in [0.29, 0.717) is 26.1 Å². The first-order chi connectivity index (χ1) is 12.0. The Morgan fingerprint density at radius 1 is 1.12 bits per heavy atom. The lowest BCUT2D eigenvalue weighted by molar-refractivity contribution is -0.149. The molecule has 1 saturated heterocycles. The van der Waals surface area contributed by atoms with E-state index in [2.05, 4.69) is 10.3 Å². The van der Waals surface area contributed by atoms with Gasteiger partial charge < -0.3 is 27.4 Å². The van der Waals surface area contributed by atoms with Crippen molar-refractivity contribution in [2.24, 2.45) is 28.1 Å². The van der Waals surface area contributed by atoms with Crippen LogP contribution in [0.3, 0.4) is 0 Å². The predicted octanol–water partition coefficient (Wildman–Crippen LogP) is -0.335. The van der Waals surface area contributed by atoms with Crippen LogP contribution in [0.4, 0.5) is 0 Å². The summed E-state index contributed by atoms with van der Waals surface area (Å²) in [4.78, 5) is 30.4. The third-order valence-electron chi connectivity index (χ3n) is 5.23. The Morgan fingerprint density at radius 3 is 2.44 bits per heavy atom. The van der Waals surface area contributed by atoms with Gasteiger partial charge in [-0.1, -0.05) is 19.3 Å². The number of hydrogen-bond donors (Lipinski definition) is 4. The molecule has 2 unspecified atom stereocenters. The van der Waals surface area contributed by atoms with Crippen molar-refractivity contribution in [3.63, 3.8) is 0 Å². The molecule has 8 nitrogen and oxygen atoms in total. The number of nitrogens with zero attached hydrogens (tertiary/aromatic N) is 2. The fourth-order valence-corrected chi connectivity index (χ4v) is 3.58. The quantitative estimate of drug-likeness (QED) is 0.269. The molecule has 1 saturated carbocycles. The first-order valence-corrected chi connectivity index (χ1v) is 9.40. The van der Waals surface area contributed by atoms with Crippen LogP contribution in [0.2, 0.25) is 0 Å². The first kappa shape index (κ1) is 19.5. The molecule has 142 valence electrons. The van der Waals surface area contributed by atoms with Gasteiger partial charge in [0.05, 0.1) is 6.04 Å². The maximum atomic E-state index is 12.6. The molecule has 0 bridgehead atoms. The van der Waals surface area contributed by atoms with Gasteiger partial charge in [-0.05, 0) is 38.0 Å². The van der Waals surface area contributed by atoms with Crippen LogP contribution in [0.1, 0.15) is 51.4 Å². The molecule has 2 atom stereocenters. The van der Waals surface area contributed by atoms with Crippen LogP contribution in [0, 0.1) is 5.92 Å². The molecular weight excluding hydrogens is 320 g/mol. The zero-order valence-electron chi connectivity index (χ0n) is 15.0. The Bertz CT molecular complexity index is 486. The molecule has 8 heteroatoms. The van der Waals surface area contributed by atoms with Crippen LogP contribution in [0.5, 0.6) is 0 Å². The second-order valence-electron chi connectivity index (χ2n) is 7.06. The van der Waals surface area contributed by atoms with Crippen molar-refractivity contribution < 1.29 is 9.59 Å². The lowest BCUT2D eigenvalue weighted by Crippen LogP contribution is -2.62. The average Bonchev–Trinajstić information content (AvgIpc) is 2.56. The summed E-state index contributed by atoms with van der Waals surface area (Å²) in [5, 5.41) is 2.89. The number of carbonyl (C=O) groups excluding carboxylic acids is 2. The molecule has 0 spiro atoms. The number of rotatable bonds is 8. The van der Waals surface area contributed by atoms with Gasteiger partial charge in [-0.15, -0.1) is 0 Å². The minimum absolute atomic E-state index is 0.0638. The van der Waals surface area contributed by atoms with Crippen molar-refractivity contribution in [1.82, 2.24) is 10.2 Å². The van der Waals surface area contributed by atoms with E-state index in [1.54, 1.807) is 4.90 Å². The summed E-state index contributed by atoms with van der Waals surface area (Å²) in [7, 11) is 0. The molecule has 2 amide bonds. The number of unbranched alkanes of at least 4 members (excludes halogenated alkanes) is 1. The number of nitrogens with two attached hydrogens (primary N) is 3. The van der Waals surface area contributed by atoms with Gasteiger partial charge in [0.1, 0.15) is 6.04 Å². The summed E-state index contributed by atoms with van der Waals surface area (Å²) in [6, 6.07) is -0.824. The molecule has 0 radical (unpaired) electrons. The van der Waals surface area contributed by atoms with Crippen LogP contribution in [0.25, 0.3) is 0 Å². The van der Waals surface area contributed by atoms with E-state index in [4.69, 9.17) is 17.2 Å². The SMILES string of the molecule is NC(N)=NCCCCNC(=O)C1CCN1C(=O)C(N)C1CCCCC1. The summed E-state index contributed by atoms with van der Waals surface area (Å²) < 4.78 is 0. The summed E-state index contributed by atoms with van der Waals surface area (Å²) in [5.74, 6) is 0.200. The zero-order chi connectivity index (χ0) is 18.2. The average molecular weight is 352 g/mol. The van der Waals surface area contributed by atoms with Crippen LogP contribution >= 0.6 is 0 Å². The Kier molecular flexibility index (Phi) is 7.49. The monoisotopic (exact) mass is 352 g/mol. The Morgan fingerprint density at radius 2 is 1.84 bits per heavy atom. The molecule has 1 heterocycles. The number of amides is 2. The molecular formula is C17H32N6O2. The van der Waals surface area contributed by atoms with Gasteiger partial charge in [0.2, 0.25) is 11.8 Å². The number of aliphatic imine (C=N–C) groups is 1. The summed E-state index contributed by atoms with van der Waals surface area (Å²) in [6.45, 7) is 1.75. The molecule has 1 aliphatic heterocycles. The van der Waals surface area contributed by atoms with Gasteiger partial charge in [-0.25, -0.2) is 0 Å². The van der Waals surface area contributed by atoms with Gasteiger partial charge in [0, 0.05) is 19.6 Å². The normalized spacial score (nSPS) is 22.0. The number of carbonyl (C=O) groups is 2. The fourth-order valence-electron chi connectivity index (χ4n) is 3.58. The Hall–Kier alpha value is -1.83. The maximum Gasteiger partial charge on any atom is 0.242 e. The maximum absolute atomic E-state index is 12.6. The Labute approximate surface area is 149 Å². The smallest absolute Gasteiger partial charge is 0.242 e. The predicted molar refractivity (Wildman–Crippen MR) is 97.6 cm³/mol. The molecule has 0 aromatic rings. The van der Waals surface area contributed by atoms with Gasteiger partial charge in [0.25, 0.3) is 0 Å². The first-order valence-electron chi connectivity index (χ1n) is 9.40. The van der Waals surface area contributed by atoms with Crippen molar-refractivity contribution >= 4 is 17.8 Å². The van der Waals surface area contributed by atoms with Gasteiger partial charge in [-0.3, -0.25) is 14.6 Å². The van der Waals surface area contributed by atoms with Gasteiger partial charge in [0.15, 0.2) is 5.96 Å². The molecule has 2 fully saturated rings. The van der Waals surface area contributed by atoms with E-state index in [0.717, 1.165) is 38.5 Å². The third kappa shape index (κ3) is 5.59. The van der Waals surface area contributed by atoms with E-state index in [1.807, 2.05) is 0 Å². The van der Waals surface area contributed by atoms with Crippen molar-refractivity contribution in [3.8, 4) is 0 Å². The van der Waals surface area contributed by atoms with E-state index in [-0.39, 0.29) is 29.7 Å².